The lowest BCUT2D eigenvalue weighted by Crippen LogP contribution is -2.40. The first-order chi connectivity index (χ1) is 22.0. The van der Waals surface area contributed by atoms with Crippen molar-refractivity contribution in [3.8, 4) is 0 Å². The smallest absolute Gasteiger partial charge is 0.300 e. The van der Waals surface area contributed by atoms with E-state index in [1.54, 1.807) is 0 Å². The molecule has 0 saturated carbocycles. The molecule has 0 rings (SSSR count). The molecule has 2 unspecified atom stereocenters. The normalized spacial score (nSPS) is 11.8. The Morgan fingerprint density at radius 1 is 0.500 bits per heavy atom. The maximum absolute atomic E-state index is 12.0. The first kappa shape index (κ1) is 45.3. The number of unbranched alkanes of at least 4 members (excludes halogenated alkanes) is 9. The molecule has 0 bridgehead atoms. The Morgan fingerprint density at radius 3 is 1.11 bits per heavy atom. The lowest BCUT2D eigenvalue weighted by molar-refractivity contribution is -0.134. The van der Waals surface area contributed by atoms with Gasteiger partial charge in [0.1, 0.15) is 0 Å². The number of amides is 4. The Hall–Kier alpha value is -2.81. The minimum atomic E-state index is -0.833. The second-order valence-corrected chi connectivity index (χ2v) is 11.6. The van der Waals surface area contributed by atoms with Gasteiger partial charge in [-0.25, -0.2) is 0 Å². The van der Waals surface area contributed by atoms with Crippen LogP contribution in [0.2, 0.25) is 0 Å². The van der Waals surface area contributed by atoms with E-state index in [0.717, 1.165) is 84.0 Å². The molecule has 0 aliphatic rings. The summed E-state index contributed by atoms with van der Waals surface area (Å²) >= 11 is 0. The van der Waals surface area contributed by atoms with E-state index in [9.17, 15) is 19.2 Å². The van der Waals surface area contributed by atoms with Gasteiger partial charge in [-0.2, -0.15) is 0 Å². The van der Waals surface area contributed by atoms with Crippen LogP contribution in [0.25, 0.3) is 0 Å². The van der Waals surface area contributed by atoms with Crippen molar-refractivity contribution in [1.29, 1.82) is 0 Å². The molecular weight excluding hydrogens is 592 g/mol. The van der Waals surface area contributed by atoms with Gasteiger partial charge in [0.2, 0.25) is 23.6 Å². The van der Waals surface area contributed by atoms with E-state index >= 15 is 0 Å². The van der Waals surface area contributed by atoms with Gasteiger partial charge in [-0.1, -0.05) is 38.5 Å². The van der Waals surface area contributed by atoms with Crippen LogP contribution in [0.3, 0.4) is 0 Å². The van der Waals surface area contributed by atoms with Gasteiger partial charge in [0.05, 0.1) is 12.1 Å². The summed E-state index contributed by atoms with van der Waals surface area (Å²) in [5.74, 6) is -0.981. The lowest BCUT2D eigenvalue weighted by atomic mass is 10.1. The third-order valence-electron chi connectivity index (χ3n) is 7.12. The summed E-state index contributed by atoms with van der Waals surface area (Å²) in [6, 6.07) is -0.920. The Kier molecular flexibility index (Phi) is 33.0. The maximum Gasteiger partial charge on any atom is 0.300 e. The van der Waals surface area contributed by atoms with Crippen molar-refractivity contribution in [2.45, 2.75) is 135 Å². The number of aliphatic carboxylic acids is 1. The van der Waals surface area contributed by atoms with Crippen molar-refractivity contribution < 1.29 is 29.1 Å². The van der Waals surface area contributed by atoms with Gasteiger partial charge in [0, 0.05) is 45.9 Å². The van der Waals surface area contributed by atoms with Crippen molar-refractivity contribution in [3.63, 3.8) is 0 Å². The third kappa shape index (κ3) is 34.1. The summed E-state index contributed by atoms with van der Waals surface area (Å²) in [4.78, 5) is 56.8. The summed E-state index contributed by atoms with van der Waals surface area (Å²) in [5.41, 5.74) is 22.6. The van der Waals surface area contributed by atoms with Gasteiger partial charge in [-0.3, -0.25) is 24.0 Å². The minimum Gasteiger partial charge on any atom is -0.481 e. The molecule has 13 N–H and O–H groups in total. The predicted molar refractivity (Wildman–Crippen MR) is 183 cm³/mol. The number of hydrogen-bond donors (Lipinski definition) is 9. The van der Waals surface area contributed by atoms with Crippen LogP contribution in [-0.2, 0) is 24.0 Å². The van der Waals surface area contributed by atoms with Gasteiger partial charge in [-0.15, -0.1) is 0 Å². The quantitative estimate of drug-likeness (QED) is 0.0518. The number of carbonyl (C=O) groups is 5. The largest absolute Gasteiger partial charge is 0.481 e. The molecule has 46 heavy (non-hydrogen) atoms. The summed E-state index contributed by atoms with van der Waals surface area (Å²) in [5, 5.41) is 19.0. The molecule has 270 valence electrons. The van der Waals surface area contributed by atoms with Crippen LogP contribution in [0.4, 0.5) is 0 Å². The molecule has 14 heteroatoms. The van der Waals surface area contributed by atoms with E-state index in [-0.39, 0.29) is 23.6 Å². The molecule has 0 aliphatic carbocycles. The Balaban J connectivity index is 0. The number of rotatable bonds is 29. The van der Waals surface area contributed by atoms with E-state index in [2.05, 4.69) is 21.3 Å². The molecule has 0 aromatic carbocycles. The zero-order valence-corrected chi connectivity index (χ0v) is 28.4. The van der Waals surface area contributed by atoms with Crippen molar-refractivity contribution in [2.75, 3.05) is 39.3 Å². The number of nitrogens with one attached hydrogen (secondary N) is 4. The van der Waals surface area contributed by atoms with E-state index in [4.69, 9.17) is 32.8 Å². The first-order valence-electron chi connectivity index (χ1n) is 17.2. The van der Waals surface area contributed by atoms with Crippen LogP contribution in [0.1, 0.15) is 122 Å². The standard InChI is InChI=1S/C30H62N8O4.C2H4O2/c31-19-9-7-15-25(33)29(41)37-23-13-3-1-11-21-35-27(39)17-5-6-18-28(40)36-22-12-2-4-14-24-38-30(42)26(34)16-8-10-20-32;1-2(3)4/h25-26H,1-24,31-34H2,(H,35,39)(H,36,40)(H,37,41)(H,38,42);1H3,(H,3,4). The fraction of sp³-hybridized carbons (Fsp3) is 0.844. The molecule has 0 radical (unpaired) electrons. The number of carbonyl (C=O) groups excluding carboxylic acids is 4. The molecule has 0 heterocycles. The number of nitrogens with two attached hydrogens (primary N) is 4. The van der Waals surface area contributed by atoms with E-state index in [1.807, 2.05) is 0 Å². The Labute approximate surface area is 276 Å². The average molecular weight is 659 g/mol. The van der Waals surface area contributed by atoms with Crippen molar-refractivity contribution in [2.24, 2.45) is 22.9 Å². The van der Waals surface area contributed by atoms with E-state index < -0.39 is 18.1 Å². The highest BCUT2D eigenvalue weighted by atomic mass is 16.4. The molecule has 0 aromatic heterocycles. The molecular formula is C32H66N8O6. The highest BCUT2D eigenvalue weighted by Crippen LogP contribution is 2.04. The van der Waals surface area contributed by atoms with Crippen LogP contribution < -0.4 is 44.2 Å². The maximum atomic E-state index is 12.0. The minimum absolute atomic E-state index is 0.0241. The molecule has 2 atom stereocenters. The van der Waals surface area contributed by atoms with Crippen LogP contribution in [0.5, 0.6) is 0 Å². The van der Waals surface area contributed by atoms with Crippen molar-refractivity contribution >= 4 is 29.6 Å². The van der Waals surface area contributed by atoms with E-state index in [0.29, 0.717) is 77.8 Å². The van der Waals surface area contributed by atoms with Crippen molar-refractivity contribution in [1.82, 2.24) is 21.3 Å². The fourth-order valence-electron chi connectivity index (χ4n) is 4.38. The van der Waals surface area contributed by atoms with Crippen LogP contribution in [0, 0.1) is 0 Å². The monoisotopic (exact) mass is 659 g/mol. The molecule has 0 saturated heterocycles. The average Bonchev–Trinajstić information content (AvgIpc) is 3.01. The van der Waals surface area contributed by atoms with Gasteiger partial charge in [0.15, 0.2) is 0 Å². The Morgan fingerprint density at radius 2 is 0.804 bits per heavy atom. The Bertz CT molecular complexity index is 741. The molecule has 0 spiro atoms. The van der Waals surface area contributed by atoms with Crippen LogP contribution in [0.15, 0.2) is 0 Å². The SMILES string of the molecule is CC(=O)O.NCCCCC(N)C(=O)NCCCCCCNC(=O)CCCCC(=O)NCCCCCCNC(=O)C(N)CCCCN. The number of carboxylic acid groups (broad SMARTS) is 1. The molecule has 14 nitrogen and oxygen atoms in total. The number of carboxylic acids is 1. The molecule has 0 aliphatic heterocycles. The summed E-state index contributed by atoms with van der Waals surface area (Å²) in [6.45, 7) is 4.86. The van der Waals surface area contributed by atoms with Gasteiger partial charge in [-0.05, 0) is 77.3 Å². The summed E-state index contributed by atoms with van der Waals surface area (Å²) < 4.78 is 0. The van der Waals surface area contributed by atoms with E-state index in [1.165, 1.54) is 0 Å². The molecule has 0 aromatic rings. The van der Waals surface area contributed by atoms with Gasteiger partial charge < -0.3 is 49.3 Å². The van der Waals surface area contributed by atoms with Crippen LogP contribution in [-0.4, -0.2) is 86.1 Å². The summed E-state index contributed by atoms with van der Waals surface area (Å²) in [6.07, 6.45) is 14.6. The molecule has 4 amide bonds. The predicted octanol–water partition coefficient (Wildman–Crippen LogP) is 1.14. The van der Waals surface area contributed by atoms with Crippen molar-refractivity contribution in [3.05, 3.63) is 0 Å². The number of hydrogen-bond acceptors (Lipinski definition) is 9. The summed E-state index contributed by atoms with van der Waals surface area (Å²) in [7, 11) is 0. The van der Waals surface area contributed by atoms with Gasteiger partial charge >= 0.3 is 0 Å². The fourth-order valence-corrected chi connectivity index (χ4v) is 4.38. The lowest BCUT2D eigenvalue weighted by Gasteiger charge is -2.12. The topological polar surface area (TPSA) is 258 Å². The molecule has 0 fully saturated rings. The second kappa shape index (κ2) is 33.6. The zero-order chi connectivity index (χ0) is 34.8. The third-order valence-corrected chi connectivity index (χ3v) is 7.12. The highest BCUT2D eigenvalue weighted by molar-refractivity contribution is 5.81. The highest BCUT2D eigenvalue weighted by Gasteiger charge is 2.12. The second-order valence-electron chi connectivity index (χ2n) is 11.6. The first-order valence-corrected chi connectivity index (χ1v) is 17.2. The van der Waals surface area contributed by atoms with Gasteiger partial charge in [0.25, 0.3) is 5.97 Å². The zero-order valence-electron chi connectivity index (χ0n) is 28.4. The van der Waals surface area contributed by atoms with Crippen LogP contribution >= 0.6 is 0 Å².